The normalized spacial score (nSPS) is 28.6. The molecule has 244 valence electrons. The monoisotopic (exact) mass is 643 g/mol. The van der Waals surface area contributed by atoms with Crippen LogP contribution < -0.4 is 5.32 Å². The van der Waals surface area contributed by atoms with Crippen LogP contribution in [0.3, 0.4) is 0 Å². The number of hydrogen-bond acceptors (Lipinski definition) is 11. The van der Waals surface area contributed by atoms with Crippen molar-refractivity contribution in [1.29, 1.82) is 0 Å². The topological polar surface area (TPSA) is 181 Å². The Kier molecular flexibility index (Phi) is 10.4. The number of amides is 1. The predicted octanol–water partition coefficient (Wildman–Crippen LogP) is 2.65. The lowest BCUT2D eigenvalue weighted by molar-refractivity contribution is -0.419. The van der Waals surface area contributed by atoms with Gasteiger partial charge >= 0.3 is 11.8 Å². The number of nitrogens with one attached hydrogen (secondary N) is 1. The van der Waals surface area contributed by atoms with E-state index in [1.807, 2.05) is 27.7 Å². The van der Waals surface area contributed by atoms with Crippen molar-refractivity contribution in [2.45, 2.75) is 94.3 Å². The standard InChI is InChI=1S/C28H39F2N5O8S/c1-5-10-44-26-32-24(33(27(39)40)19-12-15(19)14-6-7-16(29)17(30)11-14)21(35(41)42)25(34(26)28(2,3)4)31-18-13-20(43-9-8-36)23(38)22(18)37/h6-7,11,15,18-20,22-23,26,31,36-38H,5,8-10,12-13H2,1-4H3,(H,39,40)/t15-,18+,19+,20-,22-,23+,26?/m0/s1. The Morgan fingerprint density at radius 1 is 1.25 bits per heavy atom. The van der Waals surface area contributed by atoms with Gasteiger partial charge in [0.15, 0.2) is 23.0 Å². The predicted molar refractivity (Wildman–Crippen MR) is 157 cm³/mol. The third-order valence-electron chi connectivity index (χ3n) is 7.78. The molecule has 7 atom stereocenters. The van der Waals surface area contributed by atoms with Crippen molar-refractivity contribution >= 4 is 23.7 Å². The van der Waals surface area contributed by atoms with Crippen LogP contribution in [-0.4, -0.2) is 107 Å². The summed E-state index contributed by atoms with van der Waals surface area (Å²) in [5, 5.41) is 56.8. The summed E-state index contributed by atoms with van der Waals surface area (Å²) in [6.45, 7) is 7.00. The van der Waals surface area contributed by atoms with Crippen LogP contribution in [0.2, 0.25) is 0 Å². The number of benzene rings is 1. The van der Waals surface area contributed by atoms with Crippen LogP contribution in [0.4, 0.5) is 13.6 Å². The first-order chi connectivity index (χ1) is 20.7. The molecule has 0 aromatic heterocycles. The number of halogens is 2. The van der Waals surface area contributed by atoms with Crippen LogP contribution in [0.25, 0.3) is 0 Å². The summed E-state index contributed by atoms with van der Waals surface area (Å²) in [4.78, 5) is 32.0. The van der Waals surface area contributed by atoms with Crippen LogP contribution in [0, 0.1) is 21.7 Å². The molecule has 2 fully saturated rings. The van der Waals surface area contributed by atoms with Gasteiger partial charge in [-0.2, -0.15) is 0 Å². The van der Waals surface area contributed by atoms with Crippen LogP contribution >= 0.6 is 11.8 Å². The summed E-state index contributed by atoms with van der Waals surface area (Å²) in [6, 6.07) is 1.52. The quantitative estimate of drug-likeness (QED) is 0.177. The number of amidine groups is 1. The first-order valence-corrected chi connectivity index (χ1v) is 15.5. The highest BCUT2D eigenvalue weighted by molar-refractivity contribution is 7.99. The lowest BCUT2D eigenvalue weighted by Gasteiger charge is -2.45. The Hall–Kier alpha value is -3.05. The van der Waals surface area contributed by atoms with Gasteiger partial charge in [-0.3, -0.25) is 15.0 Å². The van der Waals surface area contributed by atoms with E-state index in [0.29, 0.717) is 11.3 Å². The molecule has 3 aliphatic rings. The fourth-order valence-corrected chi connectivity index (χ4v) is 6.87. The maximum Gasteiger partial charge on any atom is 0.413 e. The zero-order valence-electron chi connectivity index (χ0n) is 24.9. The van der Waals surface area contributed by atoms with Gasteiger partial charge in [0.05, 0.1) is 30.3 Å². The van der Waals surface area contributed by atoms with Crippen molar-refractivity contribution in [3.8, 4) is 0 Å². The molecule has 1 aliphatic heterocycles. The van der Waals surface area contributed by atoms with Gasteiger partial charge in [-0.15, -0.1) is 11.8 Å². The SMILES string of the molecule is CCCSC1N=C(N(C(=O)O)[C@@H]2C[C@H]2c2ccc(F)c(F)c2)C([N+](=O)[O-])=C(N[C@@H]2C[C@H](OCCO)[C@@H](O)[C@H]2O)N1C(C)(C)C. The van der Waals surface area contributed by atoms with E-state index in [0.717, 1.165) is 23.5 Å². The summed E-state index contributed by atoms with van der Waals surface area (Å²) in [7, 11) is 0. The minimum absolute atomic E-state index is 0.0392. The Bertz CT molecular complexity index is 1310. The molecule has 0 spiro atoms. The fourth-order valence-electron chi connectivity index (χ4n) is 5.67. The molecule has 1 aromatic rings. The van der Waals surface area contributed by atoms with Crippen molar-refractivity contribution in [1.82, 2.24) is 15.1 Å². The van der Waals surface area contributed by atoms with Gasteiger partial charge in [0.1, 0.15) is 12.2 Å². The first-order valence-electron chi connectivity index (χ1n) is 14.4. The lowest BCUT2D eigenvalue weighted by atomic mass is 10.0. The number of ether oxygens (including phenoxy) is 1. The molecule has 16 heteroatoms. The van der Waals surface area contributed by atoms with Gasteiger partial charge in [-0.05, 0) is 63.5 Å². The Balaban J connectivity index is 1.81. The van der Waals surface area contributed by atoms with E-state index in [1.165, 1.54) is 17.8 Å². The average molecular weight is 644 g/mol. The van der Waals surface area contributed by atoms with Gasteiger partial charge in [-0.25, -0.2) is 18.6 Å². The van der Waals surface area contributed by atoms with E-state index in [-0.39, 0.29) is 31.9 Å². The average Bonchev–Trinajstić information content (AvgIpc) is 3.67. The second-order valence-electron chi connectivity index (χ2n) is 12.0. The number of carbonyl (C=O) groups is 1. The molecule has 1 heterocycles. The van der Waals surface area contributed by atoms with Gasteiger partial charge in [-0.1, -0.05) is 13.0 Å². The van der Waals surface area contributed by atoms with Gasteiger partial charge < -0.3 is 35.4 Å². The van der Waals surface area contributed by atoms with E-state index in [4.69, 9.17) is 9.84 Å². The third kappa shape index (κ3) is 6.93. The molecule has 4 rings (SSSR count). The Labute approximate surface area is 257 Å². The number of nitro groups is 1. The second kappa shape index (κ2) is 13.5. The minimum atomic E-state index is -1.50. The molecule has 1 unspecified atom stereocenters. The van der Waals surface area contributed by atoms with Gasteiger partial charge in [0.25, 0.3) is 0 Å². The summed E-state index contributed by atoms with van der Waals surface area (Å²) in [6.07, 6.45) is -4.13. The van der Waals surface area contributed by atoms with Crippen molar-refractivity contribution in [2.24, 2.45) is 4.99 Å². The molecule has 5 N–H and O–H groups in total. The largest absolute Gasteiger partial charge is 0.465 e. The van der Waals surface area contributed by atoms with Crippen LogP contribution in [0.1, 0.15) is 58.4 Å². The van der Waals surface area contributed by atoms with Gasteiger partial charge in [0.2, 0.25) is 5.84 Å². The third-order valence-corrected chi connectivity index (χ3v) is 9.03. The number of thioether (sulfide) groups is 1. The highest BCUT2D eigenvalue weighted by atomic mass is 32.2. The Morgan fingerprint density at radius 2 is 1.95 bits per heavy atom. The molecule has 2 saturated carbocycles. The van der Waals surface area contributed by atoms with Crippen LogP contribution in [0.15, 0.2) is 34.7 Å². The minimum Gasteiger partial charge on any atom is -0.465 e. The number of aliphatic imine (C=N–C) groups is 1. The Morgan fingerprint density at radius 3 is 2.52 bits per heavy atom. The summed E-state index contributed by atoms with van der Waals surface area (Å²) in [5.41, 5.74) is -1.90. The number of carboxylic acid groups (broad SMARTS) is 1. The van der Waals surface area contributed by atoms with Crippen molar-refractivity contribution in [3.05, 3.63) is 57.0 Å². The molecule has 1 amide bonds. The molecule has 0 bridgehead atoms. The summed E-state index contributed by atoms with van der Waals surface area (Å²) >= 11 is 1.35. The molecule has 1 aromatic carbocycles. The van der Waals surface area contributed by atoms with E-state index < -0.39 is 81.5 Å². The number of aliphatic hydroxyl groups excluding tert-OH is 3. The smallest absolute Gasteiger partial charge is 0.413 e. The van der Waals surface area contributed by atoms with E-state index in [1.54, 1.807) is 4.90 Å². The van der Waals surface area contributed by atoms with Crippen molar-refractivity contribution in [2.75, 3.05) is 19.0 Å². The second-order valence-corrected chi connectivity index (χ2v) is 13.1. The highest BCUT2D eigenvalue weighted by Crippen LogP contribution is 2.47. The lowest BCUT2D eigenvalue weighted by Crippen LogP contribution is -2.57. The molecular formula is C28H39F2N5O8S. The number of rotatable bonds is 11. The highest BCUT2D eigenvalue weighted by Gasteiger charge is 2.54. The van der Waals surface area contributed by atoms with E-state index in [9.17, 15) is 39.0 Å². The number of hydrogen-bond donors (Lipinski definition) is 5. The maximum absolute atomic E-state index is 14.0. The number of nitrogens with zero attached hydrogens (tertiary/aromatic N) is 4. The zero-order valence-corrected chi connectivity index (χ0v) is 25.7. The van der Waals surface area contributed by atoms with Crippen molar-refractivity contribution in [3.63, 3.8) is 0 Å². The number of aliphatic hydroxyl groups is 3. The van der Waals surface area contributed by atoms with Crippen LogP contribution in [-0.2, 0) is 4.74 Å². The molecular weight excluding hydrogens is 604 g/mol. The zero-order chi connectivity index (χ0) is 32.5. The van der Waals surface area contributed by atoms with E-state index in [2.05, 4.69) is 10.3 Å². The van der Waals surface area contributed by atoms with E-state index >= 15 is 0 Å². The molecule has 0 saturated heterocycles. The fraction of sp³-hybridized carbons (Fsp3) is 0.643. The molecule has 44 heavy (non-hydrogen) atoms. The molecule has 0 radical (unpaired) electrons. The summed E-state index contributed by atoms with van der Waals surface area (Å²) in [5.74, 6) is -2.60. The molecule has 13 nitrogen and oxygen atoms in total. The summed E-state index contributed by atoms with van der Waals surface area (Å²) < 4.78 is 33.0. The van der Waals surface area contributed by atoms with Crippen molar-refractivity contribution < 1.29 is 43.7 Å². The van der Waals surface area contributed by atoms with Crippen LogP contribution in [0.5, 0.6) is 0 Å². The molecule has 2 aliphatic carbocycles. The van der Waals surface area contributed by atoms with Gasteiger partial charge in [0, 0.05) is 17.5 Å². The maximum atomic E-state index is 14.0. The first kappa shape index (κ1) is 33.8.